The van der Waals surface area contributed by atoms with Gasteiger partial charge in [-0.15, -0.1) is 0 Å². The number of rotatable bonds is 3. The summed E-state index contributed by atoms with van der Waals surface area (Å²) in [5.74, 6) is -1.94. The molecule has 6 rings (SSSR count). The predicted molar refractivity (Wildman–Crippen MR) is 139 cm³/mol. The second kappa shape index (κ2) is 7.17. The van der Waals surface area contributed by atoms with Crippen molar-refractivity contribution in [2.24, 2.45) is 0 Å². The van der Waals surface area contributed by atoms with Crippen molar-refractivity contribution in [3.8, 4) is 11.1 Å². The van der Waals surface area contributed by atoms with Gasteiger partial charge in [0, 0.05) is 16.2 Å². The molecule has 0 aromatic heterocycles. The number of aromatic carboxylic acids is 2. The largest absolute Gasteiger partial charge is 0.478 e. The highest BCUT2D eigenvalue weighted by Gasteiger charge is 2.69. The third-order valence-electron chi connectivity index (χ3n) is 8.83. The predicted octanol–water partition coefficient (Wildman–Crippen LogP) is 6.65. The van der Waals surface area contributed by atoms with Crippen molar-refractivity contribution in [2.75, 3.05) is 0 Å². The molecular weight excluding hydrogens is 448 g/mol. The summed E-state index contributed by atoms with van der Waals surface area (Å²) in [4.78, 5) is 23.7. The zero-order valence-corrected chi connectivity index (χ0v) is 20.4. The van der Waals surface area contributed by atoms with Gasteiger partial charge < -0.3 is 10.2 Å². The summed E-state index contributed by atoms with van der Waals surface area (Å²) in [7, 11) is 0. The van der Waals surface area contributed by atoms with Gasteiger partial charge >= 0.3 is 11.9 Å². The van der Waals surface area contributed by atoms with Crippen LogP contribution in [0.3, 0.4) is 0 Å². The smallest absolute Gasteiger partial charge is 0.335 e. The third-order valence-corrected chi connectivity index (χ3v) is 8.83. The number of benzene rings is 4. The minimum Gasteiger partial charge on any atom is -0.478 e. The quantitative estimate of drug-likeness (QED) is 0.349. The lowest BCUT2D eigenvalue weighted by molar-refractivity contribution is 0.0686. The van der Waals surface area contributed by atoms with Gasteiger partial charge in [-0.25, -0.2) is 9.59 Å². The summed E-state index contributed by atoms with van der Waals surface area (Å²) in [5, 5.41) is 19.4. The van der Waals surface area contributed by atoms with E-state index in [4.69, 9.17) is 0 Å². The van der Waals surface area contributed by atoms with E-state index in [0.717, 1.165) is 16.7 Å². The lowest BCUT2D eigenvalue weighted by Crippen LogP contribution is -2.53. The molecule has 36 heavy (non-hydrogen) atoms. The Bertz CT molecular complexity index is 1530. The van der Waals surface area contributed by atoms with Gasteiger partial charge in [-0.1, -0.05) is 87.5 Å². The van der Waals surface area contributed by atoms with Gasteiger partial charge in [0.2, 0.25) is 0 Å². The first-order valence-electron chi connectivity index (χ1n) is 12.1. The zero-order valence-electron chi connectivity index (χ0n) is 20.4. The first-order valence-corrected chi connectivity index (χ1v) is 12.1. The molecule has 1 atom stereocenters. The molecule has 178 valence electrons. The molecule has 4 heteroatoms. The van der Waals surface area contributed by atoms with Crippen LogP contribution in [0.25, 0.3) is 11.1 Å². The van der Waals surface area contributed by atoms with E-state index in [1.165, 1.54) is 22.3 Å². The first-order chi connectivity index (χ1) is 17.2. The molecule has 0 heterocycles. The van der Waals surface area contributed by atoms with Gasteiger partial charge in [0.25, 0.3) is 0 Å². The Morgan fingerprint density at radius 1 is 0.583 bits per heavy atom. The molecule has 1 unspecified atom stereocenters. The van der Waals surface area contributed by atoms with Gasteiger partial charge in [0.1, 0.15) is 0 Å². The third kappa shape index (κ3) is 2.44. The molecule has 4 nitrogen and oxygen atoms in total. The van der Waals surface area contributed by atoms with Crippen LogP contribution < -0.4 is 0 Å². The zero-order chi connectivity index (χ0) is 25.5. The number of hydrogen-bond acceptors (Lipinski definition) is 2. The van der Waals surface area contributed by atoms with Crippen LogP contribution in [-0.2, 0) is 16.2 Å². The van der Waals surface area contributed by atoms with Crippen molar-refractivity contribution >= 4 is 11.9 Å². The summed E-state index contributed by atoms with van der Waals surface area (Å²) < 4.78 is 0. The topological polar surface area (TPSA) is 74.6 Å². The van der Waals surface area contributed by atoms with Crippen molar-refractivity contribution in [3.63, 3.8) is 0 Å². The maximum atomic E-state index is 12.1. The van der Waals surface area contributed by atoms with E-state index in [1.807, 2.05) is 24.3 Å². The van der Waals surface area contributed by atoms with Crippen LogP contribution in [0.2, 0.25) is 0 Å². The van der Waals surface area contributed by atoms with E-state index in [-0.39, 0.29) is 11.1 Å². The summed E-state index contributed by atoms with van der Waals surface area (Å²) in [6, 6.07) is 29.6. The SMILES string of the molecule is CC1(C)c2ccc(C(=O)O)cc2C(C)(c2ccc(C(=O)O)cc2)C12c1ccccc1-c1ccccc12. The van der Waals surface area contributed by atoms with Crippen LogP contribution in [0.4, 0.5) is 0 Å². The Hall–Kier alpha value is -4.18. The van der Waals surface area contributed by atoms with Crippen molar-refractivity contribution in [3.05, 3.63) is 130 Å². The van der Waals surface area contributed by atoms with E-state index < -0.39 is 28.2 Å². The lowest BCUT2D eigenvalue weighted by atomic mass is 9.50. The van der Waals surface area contributed by atoms with Crippen molar-refractivity contribution in [1.82, 2.24) is 0 Å². The van der Waals surface area contributed by atoms with E-state index >= 15 is 0 Å². The van der Waals surface area contributed by atoms with Crippen LogP contribution in [0.15, 0.2) is 91.0 Å². The van der Waals surface area contributed by atoms with Crippen LogP contribution in [-0.4, -0.2) is 22.2 Å². The number of hydrogen-bond donors (Lipinski definition) is 2. The minimum absolute atomic E-state index is 0.223. The molecule has 0 fully saturated rings. The molecule has 1 spiro atoms. The van der Waals surface area contributed by atoms with Gasteiger partial charge in [0.05, 0.1) is 11.1 Å². The van der Waals surface area contributed by atoms with Crippen LogP contribution in [0.5, 0.6) is 0 Å². The summed E-state index contributed by atoms with van der Waals surface area (Å²) in [5.41, 5.74) is 6.59. The van der Waals surface area contributed by atoms with Crippen LogP contribution in [0.1, 0.15) is 69.3 Å². The molecule has 2 aliphatic rings. The lowest BCUT2D eigenvalue weighted by Gasteiger charge is -2.51. The molecule has 4 aromatic carbocycles. The van der Waals surface area contributed by atoms with Crippen molar-refractivity contribution in [1.29, 1.82) is 0 Å². The maximum absolute atomic E-state index is 12.1. The van der Waals surface area contributed by atoms with Gasteiger partial charge in [-0.3, -0.25) is 0 Å². The molecule has 0 amide bonds. The number of carbonyl (C=O) groups is 2. The standard InChI is InChI=1S/C32H26O4/c1-30(2)26-17-14-20(29(35)36)18-27(26)31(3,21-15-12-19(13-16-21)28(33)34)32(30)24-10-6-4-8-22(24)23-9-5-7-11-25(23)32/h4-18H,1-3H3,(H,33,34)(H,35,36). The Kier molecular flexibility index (Phi) is 4.44. The molecule has 0 bridgehead atoms. The van der Waals surface area contributed by atoms with Crippen LogP contribution in [0, 0.1) is 0 Å². The van der Waals surface area contributed by atoms with E-state index in [0.29, 0.717) is 0 Å². The Balaban J connectivity index is 1.80. The summed E-state index contributed by atoms with van der Waals surface area (Å²) in [6.45, 7) is 6.70. The highest BCUT2D eigenvalue weighted by molar-refractivity contribution is 5.91. The van der Waals surface area contributed by atoms with Crippen molar-refractivity contribution < 1.29 is 19.8 Å². The fourth-order valence-corrected chi connectivity index (χ4v) is 7.43. The molecule has 0 aliphatic heterocycles. The second-order valence-electron chi connectivity index (χ2n) is 10.5. The highest BCUT2D eigenvalue weighted by atomic mass is 16.4. The molecular formula is C32H26O4. The van der Waals surface area contributed by atoms with Crippen LogP contribution >= 0.6 is 0 Å². The normalized spacial score (nSPS) is 20.0. The first kappa shape index (κ1) is 22.3. The average Bonchev–Trinajstić information content (AvgIpc) is 3.27. The molecule has 2 N–H and O–H groups in total. The maximum Gasteiger partial charge on any atom is 0.335 e. The highest BCUT2D eigenvalue weighted by Crippen LogP contribution is 2.72. The van der Waals surface area contributed by atoms with Crippen molar-refractivity contribution in [2.45, 2.75) is 37.0 Å². The summed E-state index contributed by atoms with van der Waals surface area (Å²) in [6.07, 6.45) is 0. The number of carboxylic acid groups (broad SMARTS) is 2. The van der Waals surface area contributed by atoms with E-state index in [1.54, 1.807) is 18.2 Å². The Morgan fingerprint density at radius 2 is 1.08 bits per heavy atom. The fraction of sp³-hybridized carbons (Fsp3) is 0.188. The molecule has 4 aromatic rings. The average molecular weight is 475 g/mol. The van der Waals surface area contributed by atoms with E-state index in [9.17, 15) is 19.8 Å². The molecule has 0 saturated heterocycles. The number of fused-ring (bicyclic) bond motifs is 6. The molecule has 0 radical (unpaired) electrons. The summed E-state index contributed by atoms with van der Waals surface area (Å²) >= 11 is 0. The molecule has 2 aliphatic carbocycles. The van der Waals surface area contributed by atoms with E-state index in [2.05, 4.69) is 69.3 Å². The van der Waals surface area contributed by atoms with Gasteiger partial charge in [-0.2, -0.15) is 0 Å². The fourth-order valence-electron chi connectivity index (χ4n) is 7.43. The number of carboxylic acids is 2. The Labute approximate surface area is 209 Å². The minimum atomic E-state index is -0.974. The van der Waals surface area contributed by atoms with Gasteiger partial charge in [0.15, 0.2) is 0 Å². The second-order valence-corrected chi connectivity index (χ2v) is 10.5. The molecule has 0 saturated carbocycles. The van der Waals surface area contributed by atoms with Gasteiger partial charge in [-0.05, 0) is 63.2 Å². The monoisotopic (exact) mass is 474 g/mol. The Morgan fingerprint density at radius 3 is 1.61 bits per heavy atom.